The van der Waals surface area contributed by atoms with Crippen molar-refractivity contribution in [1.29, 1.82) is 0 Å². The molecule has 0 saturated heterocycles. The molecule has 0 bridgehead atoms. The van der Waals surface area contributed by atoms with Crippen LogP contribution in [0.1, 0.15) is 5.69 Å². The fraction of sp³-hybridized carbons (Fsp3) is 0.400. The van der Waals surface area contributed by atoms with Gasteiger partial charge in [-0.3, -0.25) is 4.72 Å². The average Bonchev–Trinajstić information content (AvgIpc) is 2.35. The Hall–Kier alpha value is -0.330. The van der Waals surface area contributed by atoms with Gasteiger partial charge < -0.3 is 0 Å². The minimum absolute atomic E-state index is 0.355. The molecule has 1 aromatic rings. The highest BCUT2D eigenvalue weighted by molar-refractivity contribution is 7.94. The normalized spacial score (nSPS) is 11.5. The van der Waals surface area contributed by atoms with Gasteiger partial charge in [0.05, 0.1) is 5.69 Å². The molecule has 0 aromatic carbocycles. The molecule has 0 unspecified atom stereocenters. The van der Waals surface area contributed by atoms with E-state index in [2.05, 4.69) is 9.71 Å². The second-order valence-electron chi connectivity index (χ2n) is 2.12. The van der Waals surface area contributed by atoms with E-state index in [1.54, 1.807) is 12.3 Å². The summed E-state index contributed by atoms with van der Waals surface area (Å²) < 4.78 is 24.0. The Kier molecular flexibility index (Phi) is 2.92. The van der Waals surface area contributed by atoms with Gasteiger partial charge >= 0.3 is 0 Å². The monoisotopic (exact) mass is 226 g/mol. The molecule has 1 rings (SSSR count). The number of rotatable bonds is 3. The number of nitrogens with zero attached hydrogens (tertiary/aromatic N) is 1. The van der Waals surface area contributed by atoms with E-state index in [4.69, 9.17) is 11.6 Å². The van der Waals surface area contributed by atoms with Crippen molar-refractivity contribution >= 4 is 38.1 Å². The molecule has 0 amide bonds. The third kappa shape index (κ3) is 2.62. The summed E-state index contributed by atoms with van der Waals surface area (Å²) in [5, 5.41) is 1.66. The maximum Gasteiger partial charge on any atom is 0.248 e. The summed E-state index contributed by atoms with van der Waals surface area (Å²) in [5.41, 5.74) is 0.785. The smallest absolute Gasteiger partial charge is 0.248 e. The lowest BCUT2D eigenvalue weighted by molar-refractivity contribution is 0.605. The number of nitrogens with one attached hydrogen (secondary N) is 1. The van der Waals surface area contributed by atoms with E-state index in [9.17, 15) is 8.42 Å². The molecule has 0 fully saturated rings. The highest BCUT2D eigenvalue weighted by Crippen LogP contribution is 2.15. The number of thiazole rings is 1. The van der Waals surface area contributed by atoms with Crippen molar-refractivity contribution in [1.82, 2.24) is 4.98 Å². The number of sulfonamides is 1. The number of aryl methyl sites for hydroxylation is 1. The third-order valence-electron chi connectivity index (χ3n) is 1.01. The minimum atomic E-state index is -3.40. The second-order valence-corrected chi connectivity index (χ2v) is 5.28. The van der Waals surface area contributed by atoms with E-state index in [0.717, 1.165) is 5.69 Å². The first-order valence-corrected chi connectivity index (χ1v) is 6.09. The van der Waals surface area contributed by atoms with Gasteiger partial charge in [0.2, 0.25) is 10.0 Å². The van der Waals surface area contributed by atoms with Crippen LogP contribution >= 0.6 is 22.9 Å². The average molecular weight is 227 g/mol. The van der Waals surface area contributed by atoms with Gasteiger partial charge in [-0.2, -0.15) is 0 Å². The molecule has 1 heterocycles. The topological polar surface area (TPSA) is 59.1 Å². The lowest BCUT2D eigenvalue weighted by Crippen LogP contribution is -2.13. The number of alkyl halides is 1. The second kappa shape index (κ2) is 3.59. The van der Waals surface area contributed by atoms with Crippen molar-refractivity contribution in [2.75, 3.05) is 9.93 Å². The van der Waals surface area contributed by atoms with Gasteiger partial charge in [0, 0.05) is 5.38 Å². The molecular weight excluding hydrogens is 220 g/mol. The fourth-order valence-electron chi connectivity index (χ4n) is 0.561. The van der Waals surface area contributed by atoms with Crippen LogP contribution < -0.4 is 4.72 Å². The Labute approximate surface area is 79.6 Å². The van der Waals surface area contributed by atoms with E-state index in [-0.39, 0.29) is 0 Å². The molecule has 1 aromatic heterocycles. The van der Waals surface area contributed by atoms with Gasteiger partial charge in [-0.1, -0.05) is 0 Å². The van der Waals surface area contributed by atoms with Gasteiger partial charge in [0.1, 0.15) is 5.21 Å². The van der Waals surface area contributed by atoms with E-state index >= 15 is 0 Å². The van der Waals surface area contributed by atoms with Gasteiger partial charge in [-0.05, 0) is 6.92 Å². The van der Waals surface area contributed by atoms with Crippen molar-refractivity contribution in [3.63, 3.8) is 0 Å². The van der Waals surface area contributed by atoms with Crippen LogP contribution in [0.2, 0.25) is 0 Å². The summed E-state index contributed by atoms with van der Waals surface area (Å²) >= 11 is 6.41. The van der Waals surface area contributed by atoms with Crippen molar-refractivity contribution in [3.05, 3.63) is 11.1 Å². The Morgan fingerprint density at radius 2 is 2.42 bits per heavy atom. The van der Waals surface area contributed by atoms with Gasteiger partial charge in [0.15, 0.2) is 5.13 Å². The summed E-state index contributed by atoms with van der Waals surface area (Å²) in [4.78, 5) is 3.91. The van der Waals surface area contributed by atoms with Gasteiger partial charge in [-0.15, -0.1) is 22.9 Å². The summed E-state index contributed by atoms with van der Waals surface area (Å²) in [6, 6.07) is 0. The maximum absolute atomic E-state index is 10.9. The predicted molar refractivity (Wildman–Crippen MR) is 50.1 cm³/mol. The summed E-state index contributed by atoms with van der Waals surface area (Å²) in [5.74, 6) is 0. The molecule has 0 radical (unpaired) electrons. The molecule has 68 valence electrons. The molecule has 0 aliphatic carbocycles. The largest absolute Gasteiger partial charge is 0.258 e. The van der Waals surface area contributed by atoms with Crippen LogP contribution in [-0.2, 0) is 10.0 Å². The Morgan fingerprint density at radius 1 is 1.75 bits per heavy atom. The molecule has 0 aliphatic rings. The maximum atomic E-state index is 10.9. The molecular formula is C5H7ClN2O2S2. The number of anilines is 1. The van der Waals surface area contributed by atoms with Gasteiger partial charge in [-0.25, -0.2) is 13.4 Å². The number of halogens is 1. The van der Waals surface area contributed by atoms with E-state index in [0.29, 0.717) is 5.13 Å². The summed E-state index contributed by atoms with van der Waals surface area (Å²) in [6.45, 7) is 1.79. The SMILES string of the molecule is Cc1csc(NS(=O)(=O)CCl)n1. The van der Waals surface area contributed by atoms with Crippen LogP contribution in [0.4, 0.5) is 5.13 Å². The minimum Gasteiger partial charge on any atom is -0.258 e. The first-order chi connectivity index (χ1) is 5.53. The number of hydrogen-bond donors (Lipinski definition) is 1. The molecule has 4 nitrogen and oxygen atoms in total. The highest BCUT2D eigenvalue weighted by atomic mass is 35.5. The lowest BCUT2D eigenvalue weighted by Gasteiger charge is -1.98. The van der Waals surface area contributed by atoms with Crippen molar-refractivity contribution in [2.45, 2.75) is 6.92 Å². The molecule has 12 heavy (non-hydrogen) atoms. The van der Waals surface area contributed by atoms with Crippen LogP contribution in [0, 0.1) is 6.92 Å². The Balaban J connectivity index is 2.77. The van der Waals surface area contributed by atoms with Crippen molar-refractivity contribution < 1.29 is 8.42 Å². The number of aromatic nitrogens is 1. The summed E-state index contributed by atoms with van der Waals surface area (Å²) in [6.07, 6.45) is 0. The fourth-order valence-corrected chi connectivity index (χ4v) is 2.20. The van der Waals surface area contributed by atoms with E-state index < -0.39 is 15.2 Å². The Morgan fingerprint density at radius 3 is 2.83 bits per heavy atom. The molecule has 0 aliphatic heterocycles. The van der Waals surface area contributed by atoms with Crippen LogP contribution in [0.3, 0.4) is 0 Å². The van der Waals surface area contributed by atoms with Crippen LogP contribution in [0.25, 0.3) is 0 Å². The zero-order chi connectivity index (χ0) is 9.19. The van der Waals surface area contributed by atoms with Crippen LogP contribution in [0.15, 0.2) is 5.38 Å². The first kappa shape index (κ1) is 9.76. The number of hydrogen-bond acceptors (Lipinski definition) is 4. The van der Waals surface area contributed by atoms with E-state index in [1.807, 2.05) is 0 Å². The molecule has 0 saturated carbocycles. The first-order valence-electron chi connectivity index (χ1n) is 3.02. The molecule has 0 atom stereocenters. The third-order valence-corrected chi connectivity index (χ3v) is 3.66. The zero-order valence-corrected chi connectivity index (χ0v) is 8.63. The van der Waals surface area contributed by atoms with Crippen LogP contribution in [0.5, 0.6) is 0 Å². The molecule has 1 N–H and O–H groups in total. The zero-order valence-electron chi connectivity index (χ0n) is 6.24. The summed E-state index contributed by atoms with van der Waals surface area (Å²) in [7, 11) is -3.40. The highest BCUT2D eigenvalue weighted by Gasteiger charge is 2.09. The van der Waals surface area contributed by atoms with Crippen molar-refractivity contribution in [3.8, 4) is 0 Å². The predicted octanol–water partition coefficient (Wildman–Crippen LogP) is 1.39. The molecule has 0 spiro atoms. The standard InChI is InChI=1S/C5H7ClN2O2S2/c1-4-2-11-5(7-4)8-12(9,10)3-6/h2H,3H2,1H3,(H,7,8). The Bertz CT molecular complexity index is 359. The van der Waals surface area contributed by atoms with Gasteiger partial charge in [0.25, 0.3) is 0 Å². The lowest BCUT2D eigenvalue weighted by atomic mass is 10.6. The van der Waals surface area contributed by atoms with Crippen LogP contribution in [-0.4, -0.2) is 18.6 Å². The van der Waals surface area contributed by atoms with E-state index in [1.165, 1.54) is 11.3 Å². The molecule has 7 heteroatoms. The van der Waals surface area contributed by atoms with Crippen molar-refractivity contribution in [2.24, 2.45) is 0 Å². The quantitative estimate of drug-likeness (QED) is 0.793.